The standard InChI is InChI=1S/C13H13N9O3S2/c1-6-18-21-13(26-6)22-27(24,25)8-4-2-7(3-5-8)19-20-9-10(14)16-12(15)17-11(9)23/h2-5H,1H3,(H,21,22)(H5,14,15,16,17,23). The van der Waals surface area contributed by atoms with Gasteiger partial charge in [0.25, 0.3) is 15.6 Å². The molecule has 0 amide bonds. The van der Waals surface area contributed by atoms with E-state index in [0.717, 1.165) is 11.3 Å². The van der Waals surface area contributed by atoms with E-state index in [1.54, 1.807) is 6.92 Å². The summed E-state index contributed by atoms with van der Waals surface area (Å²) in [5.74, 6) is -0.306. The van der Waals surface area contributed by atoms with Crippen LogP contribution < -0.4 is 21.7 Å². The number of aromatic nitrogens is 4. The first-order valence-corrected chi connectivity index (χ1v) is 9.54. The van der Waals surface area contributed by atoms with Gasteiger partial charge in [-0.3, -0.25) is 14.5 Å². The van der Waals surface area contributed by atoms with Crippen molar-refractivity contribution in [3.05, 3.63) is 39.6 Å². The van der Waals surface area contributed by atoms with Crippen LogP contribution in [0.15, 0.2) is 44.2 Å². The van der Waals surface area contributed by atoms with Gasteiger partial charge in [-0.25, -0.2) is 8.42 Å². The minimum atomic E-state index is -3.82. The largest absolute Gasteiger partial charge is 0.382 e. The van der Waals surface area contributed by atoms with Crippen LogP contribution in [0.5, 0.6) is 0 Å². The first-order chi connectivity index (χ1) is 12.7. The number of nitrogens with two attached hydrogens (primary N) is 2. The Labute approximate surface area is 156 Å². The predicted molar refractivity (Wildman–Crippen MR) is 99.8 cm³/mol. The Morgan fingerprint density at radius 2 is 1.85 bits per heavy atom. The second kappa shape index (κ2) is 7.08. The summed E-state index contributed by atoms with van der Waals surface area (Å²) in [5.41, 5.74) is 10.4. The van der Waals surface area contributed by atoms with Gasteiger partial charge in [0.05, 0.1) is 10.6 Å². The molecule has 3 rings (SSSR count). The van der Waals surface area contributed by atoms with Crippen molar-refractivity contribution in [2.24, 2.45) is 10.2 Å². The Morgan fingerprint density at radius 1 is 1.15 bits per heavy atom. The second-order valence-electron chi connectivity index (χ2n) is 5.11. The molecule has 0 unspecified atom stereocenters. The predicted octanol–water partition coefficient (Wildman–Crippen LogP) is 1.31. The van der Waals surface area contributed by atoms with Crippen LogP contribution in [0, 0.1) is 6.92 Å². The highest BCUT2D eigenvalue weighted by molar-refractivity contribution is 7.93. The normalized spacial score (nSPS) is 11.7. The fraction of sp³-hybridized carbons (Fsp3) is 0.0769. The van der Waals surface area contributed by atoms with E-state index in [1.807, 2.05) is 0 Å². The molecule has 0 aliphatic carbocycles. The van der Waals surface area contributed by atoms with E-state index >= 15 is 0 Å². The summed E-state index contributed by atoms with van der Waals surface area (Å²) in [6.45, 7) is 1.71. The molecule has 0 bridgehead atoms. The molecule has 2 aromatic heterocycles. The van der Waals surface area contributed by atoms with Crippen LogP contribution in [0.2, 0.25) is 0 Å². The quantitative estimate of drug-likeness (QED) is 0.454. The number of rotatable bonds is 5. The van der Waals surface area contributed by atoms with Gasteiger partial charge in [-0.2, -0.15) is 10.1 Å². The first-order valence-electron chi connectivity index (χ1n) is 7.24. The van der Waals surface area contributed by atoms with Crippen molar-refractivity contribution in [1.82, 2.24) is 20.2 Å². The molecule has 0 saturated heterocycles. The van der Waals surface area contributed by atoms with Crippen LogP contribution in [0.1, 0.15) is 5.01 Å². The highest BCUT2D eigenvalue weighted by atomic mass is 32.2. The number of aryl methyl sites for hydroxylation is 1. The maximum absolute atomic E-state index is 12.3. The van der Waals surface area contributed by atoms with Crippen molar-refractivity contribution in [3.8, 4) is 0 Å². The molecule has 12 nitrogen and oxygen atoms in total. The number of nitrogens with zero attached hydrogens (tertiary/aromatic N) is 5. The van der Waals surface area contributed by atoms with Gasteiger partial charge in [-0.15, -0.1) is 15.3 Å². The van der Waals surface area contributed by atoms with Crippen molar-refractivity contribution in [2.45, 2.75) is 11.8 Å². The minimum absolute atomic E-state index is 0.000755. The number of sulfonamides is 1. The summed E-state index contributed by atoms with van der Waals surface area (Å²) in [5, 5.41) is 15.8. The fourth-order valence-corrected chi connectivity index (χ4v) is 3.73. The molecule has 0 aliphatic rings. The highest BCUT2D eigenvalue weighted by Gasteiger charge is 2.16. The lowest BCUT2D eigenvalue weighted by molar-refractivity contribution is 0.601. The summed E-state index contributed by atoms with van der Waals surface area (Å²) in [6, 6.07) is 5.50. The first kappa shape index (κ1) is 18.4. The molecule has 140 valence electrons. The van der Waals surface area contributed by atoms with Gasteiger partial charge in [-0.1, -0.05) is 11.3 Å². The Morgan fingerprint density at radius 3 is 2.44 bits per heavy atom. The van der Waals surface area contributed by atoms with Crippen LogP contribution in [0.25, 0.3) is 0 Å². The lowest BCUT2D eigenvalue weighted by atomic mass is 10.3. The molecule has 1 aromatic carbocycles. The van der Waals surface area contributed by atoms with Gasteiger partial charge >= 0.3 is 0 Å². The van der Waals surface area contributed by atoms with Crippen LogP contribution in [-0.2, 0) is 10.0 Å². The molecule has 27 heavy (non-hydrogen) atoms. The smallest absolute Gasteiger partial charge is 0.282 e. The van der Waals surface area contributed by atoms with Crippen molar-refractivity contribution >= 4 is 49.6 Å². The Bertz CT molecular complexity index is 1170. The Hall–Kier alpha value is -3.39. The van der Waals surface area contributed by atoms with E-state index in [9.17, 15) is 13.2 Å². The number of aromatic amines is 1. The summed E-state index contributed by atoms with van der Waals surface area (Å²) in [6.07, 6.45) is 0. The summed E-state index contributed by atoms with van der Waals surface area (Å²) in [4.78, 5) is 17.7. The molecule has 6 N–H and O–H groups in total. The number of hydrogen-bond donors (Lipinski definition) is 4. The van der Waals surface area contributed by atoms with Gasteiger partial charge in [0, 0.05) is 0 Å². The molecule has 0 aliphatic heterocycles. The maximum Gasteiger partial charge on any atom is 0.282 e. The van der Waals surface area contributed by atoms with Gasteiger partial charge < -0.3 is 11.5 Å². The summed E-state index contributed by atoms with van der Waals surface area (Å²) < 4.78 is 27.0. The number of nitrogens with one attached hydrogen (secondary N) is 2. The third kappa shape index (κ3) is 4.24. The number of nitrogen functional groups attached to an aromatic ring is 2. The molecule has 0 saturated carbocycles. The zero-order valence-corrected chi connectivity index (χ0v) is 15.4. The lowest BCUT2D eigenvalue weighted by Crippen LogP contribution is -2.13. The van der Waals surface area contributed by atoms with E-state index in [1.165, 1.54) is 24.3 Å². The molecule has 2 heterocycles. The van der Waals surface area contributed by atoms with Gasteiger partial charge in [-0.05, 0) is 31.2 Å². The molecule has 3 aromatic rings. The van der Waals surface area contributed by atoms with Crippen LogP contribution >= 0.6 is 11.3 Å². The van der Waals surface area contributed by atoms with Gasteiger partial charge in [0.15, 0.2) is 11.5 Å². The average molecular weight is 407 g/mol. The molecule has 0 fully saturated rings. The number of anilines is 3. The van der Waals surface area contributed by atoms with Crippen molar-refractivity contribution in [2.75, 3.05) is 16.2 Å². The highest BCUT2D eigenvalue weighted by Crippen LogP contribution is 2.23. The van der Waals surface area contributed by atoms with Crippen LogP contribution in [0.4, 0.5) is 28.3 Å². The van der Waals surface area contributed by atoms with Crippen molar-refractivity contribution in [3.63, 3.8) is 0 Å². The van der Waals surface area contributed by atoms with Crippen molar-refractivity contribution < 1.29 is 8.42 Å². The molecule has 0 spiro atoms. The third-order valence-electron chi connectivity index (χ3n) is 3.10. The van der Waals surface area contributed by atoms with E-state index < -0.39 is 15.6 Å². The zero-order chi connectivity index (χ0) is 19.6. The second-order valence-corrected chi connectivity index (χ2v) is 7.97. The number of hydrogen-bond acceptors (Lipinski definition) is 11. The van der Waals surface area contributed by atoms with E-state index in [-0.39, 0.29) is 27.5 Å². The van der Waals surface area contributed by atoms with Gasteiger partial charge in [0.1, 0.15) is 5.01 Å². The van der Waals surface area contributed by atoms with E-state index in [4.69, 9.17) is 11.5 Å². The Balaban J connectivity index is 1.80. The zero-order valence-electron chi connectivity index (χ0n) is 13.7. The van der Waals surface area contributed by atoms with E-state index in [2.05, 4.69) is 35.1 Å². The molecule has 0 radical (unpaired) electrons. The SMILES string of the molecule is Cc1nnc(NS(=O)(=O)c2ccc(N=Nc3c(N)nc(N)[nH]c3=O)cc2)s1. The van der Waals surface area contributed by atoms with Crippen LogP contribution in [0.3, 0.4) is 0 Å². The third-order valence-corrected chi connectivity index (χ3v) is 5.34. The Kier molecular flexibility index (Phi) is 4.83. The molecule has 0 atom stereocenters. The van der Waals surface area contributed by atoms with Crippen molar-refractivity contribution in [1.29, 1.82) is 0 Å². The molecular weight excluding hydrogens is 394 g/mol. The van der Waals surface area contributed by atoms with Gasteiger partial charge in [0.2, 0.25) is 11.1 Å². The minimum Gasteiger partial charge on any atom is -0.382 e. The summed E-state index contributed by atoms with van der Waals surface area (Å²) >= 11 is 1.12. The van der Waals surface area contributed by atoms with E-state index in [0.29, 0.717) is 10.7 Å². The number of H-pyrrole nitrogens is 1. The topological polar surface area (TPSA) is 194 Å². The monoisotopic (exact) mass is 407 g/mol. The summed E-state index contributed by atoms with van der Waals surface area (Å²) in [7, 11) is -3.82. The molecule has 14 heteroatoms. The number of benzene rings is 1. The lowest BCUT2D eigenvalue weighted by Gasteiger charge is -2.04. The van der Waals surface area contributed by atoms with Crippen LogP contribution in [-0.4, -0.2) is 28.6 Å². The molecular formula is C13H13N9O3S2. The average Bonchev–Trinajstić information content (AvgIpc) is 2.98. The maximum atomic E-state index is 12.3. The number of azo groups is 1. The fourth-order valence-electron chi connectivity index (χ4n) is 1.91.